The van der Waals surface area contributed by atoms with Gasteiger partial charge in [0.25, 0.3) is 0 Å². The van der Waals surface area contributed by atoms with Gasteiger partial charge in [0.1, 0.15) is 0 Å². The summed E-state index contributed by atoms with van der Waals surface area (Å²) in [5.41, 5.74) is 0.323. The summed E-state index contributed by atoms with van der Waals surface area (Å²) in [5, 5.41) is 4.30. The van der Waals surface area contributed by atoms with Crippen LogP contribution in [0.5, 0.6) is 0 Å². The number of benzene rings is 1. The number of hydrogen-bond donors (Lipinski definition) is 0. The van der Waals surface area contributed by atoms with Crippen molar-refractivity contribution in [3.8, 4) is 11.1 Å². The summed E-state index contributed by atoms with van der Waals surface area (Å²) >= 11 is 0. The highest BCUT2D eigenvalue weighted by Crippen LogP contribution is 2.37. The number of halogens is 2. The Labute approximate surface area is 165 Å². The Balaban J connectivity index is 1.90. The van der Waals surface area contributed by atoms with Gasteiger partial charge in [-0.2, -0.15) is 5.10 Å². The molecule has 1 aromatic heterocycles. The number of nitrogens with zero attached hydrogens (tertiary/aromatic N) is 2. The number of hydrogen-bond acceptors (Lipinski definition) is 4. The number of ether oxygens (including phenoxy) is 1. The van der Waals surface area contributed by atoms with Gasteiger partial charge in [0.05, 0.1) is 17.4 Å². The molecule has 0 radical (unpaired) electrons. The van der Waals surface area contributed by atoms with Gasteiger partial charge in [-0.25, -0.2) is 8.78 Å². The lowest BCUT2D eigenvalue weighted by atomic mass is 9.78. The van der Waals surface area contributed by atoms with E-state index in [-0.39, 0.29) is 11.0 Å². The molecule has 28 heavy (non-hydrogen) atoms. The van der Waals surface area contributed by atoms with Gasteiger partial charge < -0.3 is 14.0 Å². The fourth-order valence-corrected chi connectivity index (χ4v) is 3.22. The van der Waals surface area contributed by atoms with Crippen molar-refractivity contribution in [3.63, 3.8) is 0 Å². The van der Waals surface area contributed by atoms with Crippen molar-refractivity contribution >= 4 is 12.6 Å². The molecule has 0 atom stereocenters. The van der Waals surface area contributed by atoms with Crippen LogP contribution in [0.2, 0.25) is 0 Å². The molecule has 152 valence electrons. The molecule has 1 saturated heterocycles. The highest BCUT2D eigenvalue weighted by Gasteiger charge is 2.52. The molecule has 5 nitrogen and oxygen atoms in total. The Hall–Kier alpha value is -1.77. The zero-order valence-electron chi connectivity index (χ0n) is 17.3. The molecule has 1 aromatic carbocycles. The lowest BCUT2D eigenvalue weighted by Crippen LogP contribution is -2.41. The second-order valence-electron chi connectivity index (χ2n) is 8.13. The van der Waals surface area contributed by atoms with E-state index in [1.807, 2.05) is 34.6 Å². The van der Waals surface area contributed by atoms with E-state index < -0.39 is 30.0 Å². The van der Waals surface area contributed by atoms with Gasteiger partial charge in [-0.3, -0.25) is 4.68 Å². The van der Waals surface area contributed by atoms with Crippen LogP contribution >= 0.6 is 0 Å². The number of aryl methyl sites for hydroxylation is 1. The smallest absolute Gasteiger partial charge is 0.399 e. The summed E-state index contributed by atoms with van der Waals surface area (Å²) < 4.78 is 48.4. The molecule has 0 aliphatic carbocycles. The molecule has 3 rings (SSSR count). The lowest BCUT2D eigenvalue weighted by molar-refractivity contribution is 0.00578. The van der Waals surface area contributed by atoms with Crippen molar-refractivity contribution in [3.05, 3.63) is 35.7 Å². The first kappa shape index (κ1) is 21.0. The number of methoxy groups -OCH3 is 1. The van der Waals surface area contributed by atoms with Crippen molar-refractivity contribution in [2.75, 3.05) is 13.7 Å². The molecule has 1 aliphatic heterocycles. The Morgan fingerprint density at radius 2 is 1.71 bits per heavy atom. The van der Waals surface area contributed by atoms with Crippen LogP contribution in [0.15, 0.2) is 18.3 Å². The van der Waals surface area contributed by atoms with E-state index in [0.717, 1.165) is 12.1 Å². The third kappa shape index (κ3) is 3.61. The Bertz CT molecular complexity index is 851. The normalized spacial score (nSPS) is 18.1. The van der Waals surface area contributed by atoms with Crippen molar-refractivity contribution in [2.45, 2.75) is 58.8 Å². The van der Waals surface area contributed by atoms with E-state index in [9.17, 15) is 8.78 Å². The van der Waals surface area contributed by atoms with Crippen LogP contribution in [0.4, 0.5) is 8.78 Å². The average molecular weight is 392 g/mol. The Kier molecular flexibility index (Phi) is 5.67. The van der Waals surface area contributed by atoms with Crippen LogP contribution in [0.1, 0.15) is 39.8 Å². The van der Waals surface area contributed by atoms with Gasteiger partial charge in [0.15, 0.2) is 11.6 Å². The molecule has 8 heteroatoms. The largest absolute Gasteiger partial charge is 0.497 e. The minimum atomic E-state index is -0.956. The van der Waals surface area contributed by atoms with Crippen molar-refractivity contribution in [1.82, 2.24) is 9.78 Å². The molecule has 2 heterocycles. The lowest BCUT2D eigenvalue weighted by Gasteiger charge is -2.32. The van der Waals surface area contributed by atoms with Gasteiger partial charge in [-0.1, -0.05) is 12.1 Å². The maximum atomic E-state index is 14.9. The van der Waals surface area contributed by atoms with Crippen LogP contribution in [0.25, 0.3) is 11.1 Å². The average Bonchev–Trinajstić information content (AvgIpc) is 3.07. The van der Waals surface area contributed by atoms with Gasteiger partial charge in [-0.15, -0.1) is 0 Å². The van der Waals surface area contributed by atoms with Crippen molar-refractivity contribution < 1.29 is 22.8 Å². The highest BCUT2D eigenvalue weighted by molar-refractivity contribution is 6.62. The molecular weight excluding hydrogens is 365 g/mol. The Morgan fingerprint density at radius 1 is 1.07 bits per heavy atom. The molecule has 0 unspecified atom stereocenters. The van der Waals surface area contributed by atoms with Gasteiger partial charge in [-0.05, 0) is 41.0 Å². The molecule has 2 aromatic rings. The molecule has 0 amide bonds. The summed E-state index contributed by atoms with van der Waals surface area (Å²) in [6.07, 6.45) is 2.35. The Morgan fingerprint density at radius 3 is 2.32 bits per heavy atom. The second kappa shape index (κ2) is 7.57. The first-order valence-electron chi connectivity index (χ1n) is 9.44. The van der Waals surface area contributed by atoms with Crippen LogP contribution in [-0.2, 0) is 20.6 Å². The third-order valence-corrected chi connectivity index (χ3v) is 5.73. The van der Waals surface area contributed by atoms with Gasteiger partial charge in [0.2, 0.25) is 0 Å². The molecule has 0 N–H and O–H groups in total. The molecule has 0 saturated carbocycles. The minimum Gasteiger partial charge on any atom is -0.399 e. The maximum absolute atomic E-state index is 14.9. The fraction of sp³-hybridized carbons (Fsp3) is 0.550. The third-order valence-electron chi connectivity index (χ3n) is 5.73. The standard InChI is InChI=1S/C20H27BF2N2O3/c1-13-15(12-24-25(13)10-7-11-26-6)14-8-9-16(18(23)17(14)22)21-27-19(2,3)20(4,5)28-21/h8-9,12H,7,10-11H2,1-6H3. The summed E-state index contributed by atoms with van der Waals surface area (Å²) in [6, 6.07) is 3.08. The monoisotopic (exact) mass is 392 g/mol. The summed E-state index contributed by atoms with van der Waals surface area (Å²) in [4.78, 5) is 0. The fourth-order valence-electron chi connectivity index (χ4n) is 3.22. The summed E-state index contributed by atoms with van der Waals surface area (Å²) in [6.45, 7) is 10.6. The van der Waals surface area contributed by atoms with E-state index in [4.69, 9.17) is 14.0 Å². The molecule has 1 fully saturated rings. The van der Waals surface area contributed by atoms with E-state index in [2.05, 4.69) is 5.10 Å². The van der Waals surface area contributed by atoms with E-state index >= 15 is 0 Å². The van der Waals surface area contributed by atoms with Crippen LogP contribution in [0, 0.1) is 18.6 Å². The molecule has 0 bridgehead atoms. The molecule has 1 aliphatic rings. The van der Waals surface area contributed by atoms with Crippen LogP contribution < -0.4 is 5.46 Å². The van der Waals surface area contributed by atoms with Gasteiger partial charge in [0, 0.05) is 42.5 Å². The topological polar surface area (TPSA) is 45.5 Å². The summed E-state index contributed by atoms with van der Waals surface area (Å²) in [7, 11) is 0.688. The second-order valence-corrected chi connectivity index (χ2v) is 8.13. The van der Waals surface area contributed by atoms with Crippen LogP contribution in [-0.4, -0.2) is 41.8 Å². The zero-order chi connectivity index (χ0) is 20.7. The minimum absolute atomic E-state index is 0.0602. The predicted octanol–water partition coefficient (Wildman–Crippen LogP) is 3.47. The SMILES string of the molecule is COCCCn1ncc(-c2ccc(B3OC(C)(C)C(C)(C)O3)c(F)c2F)c1C. The quantitative estimate of drug-likeness (QED) is 0.558. The first-order valence-corrected chi connectivity index (χ1v) is 9.44. The van der Waals surface area contributed by atoms with Crippen LogP contribution in [0.3, 0.4) is 0 Å². The van der Waals surface area contributed by atoms with E-state index in [0.29, 0.717) is 18.7 Å². The molecule has 0 spiro atoms. The van der Waals surface area contributed by atoms with E-state index in [1.54, 1.807) is 24.1 Å². The number of rotatable bonds is 6. The molecular formula is C20H27BF2N2O3. The maximum Gasteiger partial charge on any atom is 0.497 e. The van der Waals surface area contributed by atoms with Gasteiger partial charge >= 0.3 is 7.12 Å². The highest BCUT2D eigenvalue weighted by atomic mass is 19.2. The van der Waals surface area contributed by atoms with E-state index in [1.165, 1.54) is 6.07 Å². The number of aromatic nitrogens is 2. The van der Waals surface area contributed by atoms with Crippen molar-refractivity contribution in [1.29, 1.82) is 0 Å². The van der Waals surface area contributed by atoms with Crippen molar-refractivity contribution in [2.24, 2.45) is 0 Å². The zero-order valence-corrected chi connectivity index (χ0v) is 17.3. The first-order chi connectivity index (χ1) is 13.1. The summed E-state index contributed by atoms with van der Waals surface area (Å²) in [5.74, 6) is -1.88. The predicted molar refractivity (Wildman–Crippen MR) is 105 cm³/mol.